The average molecular weight is 419 g/mol. The van der Waals surface area contributed by atoms with Gasteiger partial charge in [0.1, 0.15) is 23.9 Å². The van der Waals surface area contributed by atoms with Crippen molar-refractivity contribution in [3.05, 3.63) is 71.6 Å². The van der Waals surface area contributed by atoms with E-state index in [1.54, 1.807) is 37.4 Å². The lowest BCUT2D eigenvalue weighted by Gasteiger charge is -2.10. The third kappa shape index (κ3) is 6.24. The minimum absolute atomic E-state index is 0.0727. The van der Waals surface area contributed by atoms with Gasteiger partial charge in [0.05, 0.1) is 18.1 Å². The first-order valence-electron chi connectivity index (χ1n) is 9.66. The van der Waals surface area contributed by atoms with E-state index < -0.39 is 0 Å². The molecule has 2 aromatic heterocycles. The summed E-state index contributed by atoms with van der Waals surface area (Å²) in [7, 11) is 0. The highest BCUT2D eigenvalue weighted by atomic mass is 19.1. The van der Waals surface area contributed by atoms with Crippen molar-refractivity contribution < 1.29 is 13.9 Å². The number of carbonyl (C=O) groups is 1. The van der Waals surface area contributed by atoms with E-state index >= 15 is 0 Å². The molecule has 0 bridgehead atoms. The van der Waals surface area contributed by atoms with Gasteiger partial charge in [0, 0.05) is 31.1 Å². The number of nitrogens with zero attached hydrogens (tertiary/aromatic N) is 3. The standard InChI is InChI=1S/C23H22FN5O2/c1-2-3-4-10-31-22-15-28-20(14-29-22)21(30)12-16-7-8-18(24)17(11-16)13-27-19-6-5-9-26-23(19)25/h5-9,11,14-15,27H,4,10,12-13H2,1H3,(H2,25,26). The Balaban J connectivity index is 1.61. The van der Waals surface area contributed by atoms with Gasteiger partial charge in [0.2, 0.25) is 5.88 Å². The summed E-state index contributed by atoms with van der Waals surface area (Å²) >= 11 is 0. The van der Waals surface area contributed by atoms with Gasteiger partial charge in [-0.1, -0.05) is 12.1 Å². The van der Waals surface area contributed by atoms with Crippen LogP contribution in [0.5, 0.6) is 5.88 Å². The molecule has 0 saturated carbocycles. The summed E-state index contributed by atoms with van der Waals surface area (Å²) in [5, 5.41) is 3.06. The fourth-order valence-corrected chi connectivity index (χ4v) is 2.77. The van der Waals surface area contributed by atoms with Gasteiger partial charge in [-0.05, 0) is 30.7 Å². The molecule has 8 heteroatoms. The number of benzene rings is 1. The number of nitrogens with one attached hydrogen (secondary N) is 1. The molecular weight excluding hydrogens is 397 g/mol. The van der Waals surface area contributed by atoms with Gasteiger partial charge in [0.25, 0.3) is 0 Å². The lowest BCUT2D eigenvalue weighted by molar-refractivity contribution is 0.0987. The summed E-state index contributed by atoms with van der Waals surface area (Å²) in [6.07, 6.45) is 5.03. The third-order valence-corrected chi connectivity index (χ3v) is 4.35. The molecule has 0 aliphatic carbocycles. The Morgan fingerprint density at radius 1 is 1.23 bits per heavy atom. The number of carbonyl (C=O) groups excluding carboxylic acids is 1. The van der Waals surface area contributed by atoms with Gasteiger partial charge in [0.15, 0.2) is 5.78 Å². The van der Waals surface area contributed by atoms with Crippen molar-refractivity contribution in [1.82, 2.24) is 15.0 Å². The average Bonchev–Trinajstić information content (AvgIpc) is 2.78. The van der Waals surface area contributed by atoms with Crippen LogP contribution in [0.25, 0.3) is 0 Å². The molecular formula is C23H22FN5O2. The molecule has 7 nitrogen and oxygen atoms in total. The Kier molecular flexibility index (Phi) is 7.49. The molecule has 0 amide bonds. The zero-order chi connectivity index (χ0) is 22.1. The third-order valence-electron chi connectivity index (χ3n) is 4.35. The Morgan fingerprint density at radius 3 is 2.84 bits per heavy atom. The fourth-order valence-electron chi connectivity index (χ4n) is 2.77. The first-order valence-corrected chi connectivity index (χ1v) is 9.66. The molecule has 158 valence electrons. The minimum Gasteiger partial charge on any atom is -0.476 e. The lowest BCUT2D eigenvalue weighted by Crippen LogP contribution is -2.09. The van der Waals surface area contributed by atoms with E-state index in [1.807, 2.05) is 0 Å². The fraction of sp³-hybridized carbons (Fsp3) is 0.217. The van der Waals surface area contributed by atoms with Crippen LogP contribution >= 0.6 is 0 Å². The summed E-state index contributed by atoms with van der Waals surface area (Å²) in [5.74, 6) is 5.73. The first-order chi connectivity index (χ1) is 15.1. The summed E-state index contributed by atoms with van der Waals surface area (Å²) in [6, 6.07) is 8.06. The highest BCUT2D eigenvalue weighted by Crippen LogP contribution is 2.18. The molecule has 0 saturated heterocycles. The maximum absolute atomic E-state index is 14.2. The van der Waals surface area contributed by atoms with E-state index in [2.05, 4.69) is 32.1 Å². The molecule has 0 radical (unpaired) electrons. The van der Waals surface area contributed by atoms with Crippen LogP contribution in [0.1, 0.15) is 35.0 Å². The molecule has 1 aromatic carbocycles. The van der Waals surface area contributed by atoms with Crippen LogP contribution in [0.3, 0.4) is 0 Å². The maximum atomic E-state index is 14.2. The number of nitrogen functional groups attached to an aromatic ring is 1. The molecule has 0 fully saturated rings. The maximum Gasteiger partial charge on any atom is 0.232 e. The summed E-state index contributed by atoms with van der Waals surface area (Å²) in [6.45, 7) is 2.37. The van der Waals surface area contributed by atoms with E-state index in [9.17, 15) is 9.18 Å². The van der Waals surface area contributed by atoms with Crippen molar-refractivity contribution in [3.63, 3.8) is 0 Å². The number of halogens is 1. The van der Waals surface area contributed by atoms with Crippen LogP contribution in [0.2, 0.25) is 0 Å². The number of Topliss-reactive ketones (excluding diaryl/α,β-unsaturated/α-hetero) is 1. The Hall–Kier alpha value is -3.99. The SMILES string of the molecule is CC#CCCOc1cnc(C(=O)Cc2ccc(F)c(CNc3cccnc3N)c2)cn1. The summed E-state index contributed by atoms with van der Waals surface area (Å²) in [5.41, 5.74) is 7.71. The zero-order valence-electron chi connectivity index (χ0n) is 17.1. The Bertz CT molecular complexity index is 1110. The molecule has 0 spiro atoms. The van der Waals surface area contributed by atoms with Gasteiger partial charge in [-0.2, -0.15) is 0 Å². The van der Waals surface area contributed by atoms with Crippen molar-refractivity contribution in [2.75, 3.05) is 17.7 Å². The second-order valence-electron chi connectivity index (χ2n) is 6.58. The van der Waals surface area contributed by atoms with Gasteiger partial charge in [-0.3, -0.25) is 4.79 Å². The number of hydrogen-bond acceptors (Lipinski definition) is 7. The number of ketones is 1. The van der Waals surface area contributed by atoms with Crippen molar-refractivity contribution >= 4 is 17.3 Å². The van der Waals surface area contributed by atoms with Crippen LogP contribution < -0.4 is 15.8 Å². The van der Waals surface area contributed by atoms with Gasteiger partial charge < -0.3 is 15.8 Å². The molecule has 0 unspecified atom stereocenters. The van der Waals surface area contributed by atoms with Gasteiger partial charge in [-0.15, -0.1) is 11.8 Å². The number of pyridine rings is 1. The molecule has 3 aromatic rings. The molecule has 0 atom stereocenters. The summed E-state index contributed by atoms with van der Waals surface area (Å²) < 4.78 is 19.6. The molecule has 0 aliphatic heterocycles. The molecule has 31 heavy (non-hydrogen) atoms. The van der Waals surface area contributed by atoms with Crippen LogP contribution in [-0.4, -0.2) is 27.3 Å². The zero-order valence-corrected chi connectivity index (χ0v) is 17.1. The van der Waals surface area contributed by atoms with E-state index in [1.165, 1.54) is 18.5 Å². The first kappa shape index (κ1) is 21.7. The van der Waals surface area contributed by atoms with Crippen molar-refractivity contribution in [2.24, 2.45) is 0 Å². The van der Waals surface area contributed by atoms with Crippen LogP contribution in [0.15, 0.2) is 48.9 Å². The quantitative estimate of drug-likeness (QED) is 0.311. The van der Waals surface area contributed by atoms with Gasteiger partial charge >= 0.3 is 0 Å². The largest absolute Gasteiger partial charge is 0.476 e. The number of hydrogen-bond donors (Lipinski definition) is 2. The van der Waals surface area contributed by atoms with Crippen LogP contribution in [-0.2, 0) is 13.0 Å². The highest BCUT2D eigenvalue weighted by molar-refractivity contribution is 5.95. The lowest BCUT2D eigenvalue weighted by atomic mass is 10.0. The van der Waals surface area contributed by atoms with Crippen molar-refractivity contribution in [3.8, 4) is 17.7 Å². The molecule has 0 aliphatic rings. The molecule has 3 N–H and O–H groups in total. The monoisotopic (exact) mass is 419 g/mol. The number of rotatable bonds is 9. The predicted octanol–water partition coefficient (Wildman–Crippen LogP) is 3.42. The van der Waals surface area contributed by atoms with E-state index in [0.717, 1.165) is 0 Å². The minimum atomic E-state index is -0.375. The summed E-state index contributed by atoms with van der Waals surface area (Å²) in [4.78, 5) is 24.8. The van der Waals surface area contributed by atoms with E-state index in [-0.39, 0.29) is 30.3 Å². The van der Waals surface area contributed by atoms with Crippen LogP contribution in [0, 0.1) is 17.7 Å². The molecule has 3 rings (SSSR count). The van der Waals surface area contributed by atoms with E-state index in [0.29, 0.717) is 41.5 Å². The molecule has 2 heterocycles. The van der Waals surface area contributed by atoms with Crippen molar-refractivity contribution in [1.29, 1.82) is 0 Å². The Labute approximate surface area is 179 Å². The smallest absolute Gasteiger partial charge is 0.232 e. The topological polar surface area (TPSA) is 103 Å². The Morgan fingerprint density at radius 2 is 2.10 bits per heavy atom. The number of aromatic nitrogens is 3. The second kappa shape index (κ2) is 10.7. The van der Waals surface area contributed by atoms with E-state index in [4.69, 9.17) is 10.5 Å². The predicted molar refractivity (Wildman–Crippen MR) is 116 cm³/mol. The number of anilines is 2. The number of ether oxygens (including phenoxy) is 1. The number of nitrogens with two attached hydrogens (primary N) is 1. The normalized spacial score (nSPS) is 10.1. The van der Waals surface area contributed by atoms with Crippen molar-refractivity contribution in [2.45, 2.75) is 26.3 Å². The van der Waals surface area contributed by atoms with Gasteiger partial charge in [-0.25, -0.2) is 19.3 Å². The highest BCUT2D eigenvalue weighted by Gasteiger charge is 2.12. The second-order valence-corrected chi connectivity index (χ2v) is 6.58. The van der Waals surface area contributed by atoms with Crippen LogP contribution in [0.4, 0.5) is 15.9 Å².